The first-order chi connectivity index (χ1) is 12.0. The van der Waals surface area contributed by atoms with Crippen molar-refractivity contribution in [2.24, 2.45) is 17.5 Å². The smallest absolute Gasteiger partial charge is 0.191 e. The molecule has 7 heteroatoms. The molecule has 1 spiro atoms. The molecular formula is C19H34IN5O. The number of guanidine groups is 1. The fraction of sp³-hybridized carbons (Fsp3) is 0.789. The van der Waals surface area contributed by atoms with Crippen LogP contribution in [-0.2, 0) is 18.3 Å². The SMILES string of the molecule is CCOC1CC(NC(=NC)NCc2c(C)nn(C)c2C)C12CCCC2.I. The minimum atomic E-state index is 0. The first-order valence-electron chi connectivity index (χ1n) is 9.59. The molecular weight excluding hydrogens is 441 g/mol. The molecule has 1 aromatic heterocycles. The van der Waals surface area contributed by atoms with Crippen molar-refractivity contribution < 1.29 is 4.74 Å². The molecule has 6 nitrogen and oxygen atoms in total. The lowest BCUT2D eigenvalue weighted by molar-refractivity contribution is -0.125. The number of rotatable bonds is 5. The summed E-state index contributed by atoms with van der Waals surface area (Å²) in [5.41, 5.74) is 3.85. The van der Waals surface area contributed by atoms with E-state index in [4.69, 9.17) is 4.74 Å². The molecule has 1 aromatic rings. The van der Waals surface area contributed by atoms with E-state index in [0.29, 0.717) is 17.6 Å². The molecule has 2 N–H and O–H groups in total. The van der Waals surface area contributed by atoms with Crippen LogP contribution in [0.25, 0.3) is 0 Å². The van der Waals surface area contributed by atoms with E-state index >= 15 is 0 Å². The molecule has 0 saturated heterocycles. The van der Waals surface area contributed by atoms with Gasteiger partial charge in [-0.05, 0) is 40.0 Å². The first kappa shape index (κ1) is 21.5. The van der Waals surface area contributed by atoms with E-state index in [1.54, 1.807) is 0 Å². The first-order valence-corrected chi connectivity index (χ1v) is 9.59. The Morgan fingerprint density at radius 2 is 2.04 bits per heavy atom. The van der Waals surface area contributed by atoms with Gasteiger partial charge >= 0.3 is 0 Å². The lowest BCUT2D eigenvalue weighted by atomic mass is 9.60. The third-order valence-electron chi connectivity index (χ3n) is 6.31. The number of ether oxygens (including phenoxy) is 1. The lowest BCUT2D eigenvalue weighted by Crippen LogP contribution is -2.65. The summed E-state index contributed by atoms with van der Waals surface area (Å²) in [4.78, 5) is 4.44. The number of nitrogens with zero attached hydrogens (tertiary/aromatic N) is 3. The van der Waals surface area contributed by atoms with Gasteiger partial charge in [-0.3, -0.25) is 9.67 Å². The summed E-state index contributed by atoms with van der Waals surface area (Å²) < 4.78 is 7.95. The Bertz CT molecular complexity index is 636. The van der Waals surface area contributed by atoms with Crippen LogP contribution < -0.4 is 10.6 Å². The van der Waals surface area contributed by atoms with Crippen LogP contribution in [0, 0.1) is 19.3 Å². The van der Waals surface area contributed by atoms with Crippen LogP contribution in [0.1, 0.15) is 56.0 Å². The van der Waals surface area contributed by atoms with Gasteiger partial charge in [-0.15, -0.1) is 24.0 Å². The average molecular weight is 475 g/mol. The van der Waals surface area contributed by atoms with Gasteiger partial charge in [0.25, 0.3) is 0 Å². The van der Waals surface area contributed by atoms with E-state index in [0.717, 1.165) is 31.2 Å². The maximum atomic E-state index is 6.01. The summed E-state index contributed by atoms with van der Waals surface area (Å²) >= 11 is 0. The highest BCUT2D eigenvalue weighted by molar-refractivity contribution is 14.0. The van der Waals surface area contributed by atoms with Crippen molar-refractivity contribution in [1.82, 2.24) is 20.4 Å². The largest absolute Gasteiger partial charge is 0.378 e. The van der Waals surface area contributed by atoms with Crippen LogP contribution in [0.4, 0.5) is 0 Å². The fourth-order valence-electron chi connectivity index (χ4n) is 4.69. The summed E-state index contributed by atoms with van der Waals surface area (Å²) in [7, 11) is 3.84. The number of aryl methyl sites for hydroxylation is 2. The summed E-state index contributed by atoms with van der Waals surface area (Å²) in [5.74, 6) is 0.883. The summed E-state index contributed by atoms with van der Waals surface area (Å²) in [5, 5.41) is 11.6. The van der Waals surface area contributed by atoms with Gasteiger partial charge in [0.2, 0.25) is 0 Å². The zero-order valence-corrected chi connectivity index (χ0v) is 19.1. The van der Waals surface area contributed by atoms with Crippen LogP contribution in [0.5, 0.6) is 0 Å². The molecule has 2 atom stereocenters. The highest BCUT2D eigenvalue weighted by Crippen LogP contribution is 2.54. The zero-order valence-electron chi connectivity index (χ0n) is 16.8. The van der Waals surface area contributed by atoms with Crippen molar-refractivity contribution in [3.05, 3.63) is 17.0 Å². The van der Waals surface area contributed by atoms with Crippen molar-refractivity contribution in [2.45, 2.75) is 71.6 Å². The monoisotopic (exact) mass is 475 g/mol. The molecule has 2 fully saturated rings. The van der Waals surface area contributed by atoms with Crippen LogP contribution in [0.2, 0.25) is 0 Å². The third-order valence-corrected chi connectivity index (χ3v) is 6.31. The van der Waals surface area contributed by atoms with Gasteiger partial charge in [-0.25, -0.2) is 0 Å². The third kappa shape index (κ3) is 3.88. The standard InChI is InChI=1S/C19H33N5O.HI/c1-6-25-17-11-16(19(17)9-7-8-10-19)22-18(20-4)21-12-15-13(2)23-24(5)14(15)3;/h16-17H,6-12H2,1-5H3,(H2,20,21,22);1H. The van der Waals surface area contributed by atoms with Crippen LogP contribution in [0.3, 0.4) is 0 Å². The second-order valence-electron chi connectivity index (χ2n) is 7.52. The molecule has 0 aliphatic heterocycles. The molecule has 2 aliphatic carbocycles. The van der Waals surface area contributed by atoms with Crippen LogP contribution in [-0.4, -0.2) is 41.5 Å². The number of aromatic nitrogens is 2. The van der Waals surface area contributed by atoms with Crippen molar-refractivity contribution in [2.75, 3.05) is 13.7 Å². The van der Waals surface area contributed by atoms with Crippen LogP contribution in [0.15, 0.2) is 4.99 Å². The number of aliphatic imine (C=N–C) groups is 1. The number of hydrogen-bond donors (Lipinski definition) is 2. The predicted octanol–water partition coefficient (Wildman–Crippen LogP) is 3.06. The van der Waals surface area contributed by atoms with E-state index in [1.807, 2.05) is 18.8 Å². The molecule has 3 rings (SSSR count). The lowest BCUT2D eigenvalue weighted by Gasteiger charge is -2.54. The van der Waals surface area contributed by atoms with Gasteiger partial charge in [-0.1, -0.05) is 12.8 Å². The molecule has 1 heterocycles. The fourth-order valence-corrected chi connectivity index (χ4v) is 4.69. The van der Waals surface area contributed by atoms with Gasteiger partial charge in [0.15, 0.2) is 5.96 Å². The molecule has 0 amide bonds. The Kier molecular flexibility index (Phi) is 7.35. The molecule has 148 valence electrons. The Labute approximate surface area is 174 Å². The maximum Gasteiger partial charge on any atom is 0.191 e. The van der Waals surface area contributed by atoms with Crippen molar-refractivity contribution in [1.29, 1.82) is 0 Å². The Balaban J connectivity index is 0.00000243. The number of halogens is 1. The predicted molar refractivity (Wildman–Crippen MR) is 116 cm³/mol. The van der Waals surface area contributed by atoms with E-state index < -0.39 is 0 Å². The van der Waals surface area contributed by atoms with E-state index in [-0.39, 0.29) is 24.0 Å². The molecule has 2 saturated carbocycles. The van der Waals surface area contributed by atoms with Crippen molar-refractivity contribution in [3.63, 3.8) is 0 Å². The quantitative estimate of drug-likeness (QED) is 0.391. The Hall–Kier alpha value is -0.830. The normalized spacial score (nSPS) is 24.3. The Morgan fingerprint density at radius 1 is 1.35 bits per heavy atom. The van der Waals surface area contributed by atoms with Gasteiger partial charge in [0, 0.05) is 50.0 Å². The van der Waals surface area contributed by atoms with Crippen LogP contribution >= 0.6 is 24.0 Å². The average Bonchev–Trinajstić information content (AvgIpc) is 3.19. The van der Waals surface area contributed by atoms with Gasteiger partial charge in [0.1, 0.15) is 0 Å². The topological polar surface area (TPSA) is 63.5 Å². The molecule has 2 unspecified atom stereocenters. The van der Waals surface area contributed by atoms with E-state index in [1.165, 1.54) is 36.9 Å². The van der Waals surface area contributed by atoms with E-state index in [9.17, 15) is 0 Å². The summed E-state index contributed by atoms with van der Waals surface area (Å²) in [6.45, 7) is 7.83. The highest BCUT2D eigenvalue weighted by Gasteiger charge is 2.56. The molecule has 2 aliphatic rings. The minimum Gasteiger partial charge on any atom is -0.378 e. The Morgan fingerprint density at radius 3 is 2.58 bits per heavy atom. The molecule has 26 heavy (non-hydrogen) atoms. The van der Waals surface area contributed by atoms with Gasteiger partial charge in [0.05, 0.1) is 11.8 Å². The zero-order chi connectivity index (χ0) is 18.0. The highest BCUT2D eigenvalue weighted by atomic mass is 127. The number of hydrogen-bond acceptors (Lipinski definition) is 3. The van der Waals surface area contributed by atoms with E-state index in [2.05, 4.69) is 41.5 Å². The van der Waals surface area contributed by atoms with Crippen molar-refractivity contribution >= 4 is 29.9 Å². The minimum absolute atomic E-state index is 0. The second-order valence-corrected chi connectivity index (χ2v) is 7.52. The van der Waals surface area contributed by atoms with Crippen molar-refractivity contribution in [3.8, 4) is 0 Å². The van der Waals surface area contributed by atoms with Gasteiger partial charge in [-0.2, -0.15) is 5.10 Å². The number of nitrogens with one attached hydrogen (secondary N) is 2. The molecule has 0 aromatic carbocycles. The summed E-state index contributed by atoms with van der Waals surface area (Å²) in [6, 6.07) is 0.467. The van der Waals surface area contributed by atoms with Gasteiger partial charge < -0.3 is 15.4 Å². The molecule has 0 bridgehead atoms. The summed E-state index contributed by atoms with van der Waals surface area (Å²) in [6.07, 6.45) is 6.68. The second kappa shape index (κ2) is 8.91. The maximum absolute atomic E-state index is 6.01. The molecule has 0 radical (unpaired) electrons.